The number of halogens is 1. The van der Waals surface area contributed by atoms with Crippen LogP contribution in [0, 0.1) is 0 Å². The van der Waals surface area contributed by atoms with Crippen molar-refractivity contribution in [3.63, 3.8) is 0 Å². The van der Waals surface area contributed by atoms with Crippen LogP contribution in [0.4, 0.5) is 0 Å². The second kappa shape index (κ2) is 4.33. The SMILES string of the molecule is CCCC(=O)c1cc2c(Cl)cccc2s1. The van der Waals surface area contributed by atoms with Gasteiger partial charge in [0.05, 0.1) is 4.88 Å². The molecule has 0 aliphatic carbocycles. The van der Waals surface area contributed by atoms with Crippen LogP contribution < -0.4 is 0 Å². The molecule has 0 unspecified atom stereocenters. The molecule has 0 N–H and O–H groups in total. The van der Waals surface area contributed by atoms with Gasteiger partial charge >= 0.3 is 0 Å². The van der Waals surface area contributed by atoms with Crippen molar-refractivity contribution in [1.82, 2.24) is 0 Å². The highest BCUT2D eigenvalue weighted by atomic mass is 35.5. The fraction of sp³-hybridized carbons (Fsp3) is 0.250. The summed E-state index contributed by atoms with van der Waals surface area (Å²) < 4.78 is 1.09. The molecule has 0 atom stereocenters. The fourth-order valence-corrected chi connectivity index (χ4v) is 2.85. The van der Waals surface area contributed by atoms with Crippen molar-refractivity contribution in [3.8, 4) is 0 Å². The second-order valence-corrected chi connectivity index (χ2v) is 4.93. The Kier molecular flexibility index (Phi) is 3.08. The molecule has 15 heavy (non-hydrogen) atoms. The number of Topliss-reactive ketones (excluding diaryl/α,β-unsaturated/α-hetero) is 1. The number of carbonyl (C=O) groups is 1. The molecular formula is C12H11ClOS. The molecule has 78 valence electrons. The molecule has 2 aromatic rings. The molecule has 0 bridgehead atoms. The first-order chi connectivity index (χ1) is 7.22. The Hall–Kier alpha value is -0.860. The van der Waals surface area contributed by atoms with E-state index in [0.29, 0.717) is 6.42 Å². The number of carbonyl (C=O) groups excluding carboxylic acids is 1. The first-order valence-corrected chi connectivity index (χ1v) is 6.13. The summed E-state index contributed by atoms with van der Waals surface area (Å²) in [6.07, 6.45) is 1.51. The van der Waals surface area contributed by atoms with Crippen molar-refractivity contribution in [2.75, 3.05) is 0 Å². The van der Waals surface area contributed by atoms with Gasteiger partial charge in [0.2, 0.25) is 0 Å². The van der Waals surface area contributed by atoms with E-state index < -0.39 is 0 Å². The van der Waals surface area contributed by atoms with E-state index in [9.17, 15) is 4.79 Å². The molecule has 0 aliphatic rings. The molecule has 1 aromatic heterocycles. The van der Waals surface area contributed by atoms with Gasteiger partial charge in [-0.05, 0) is 24.6 Å². The summed E-state index contributed by atoms with van der Waals surface area (Å²) in [4.78, 5) is 12.5. The minimum atomic E-state index is 0.217. The first-order valence-electron chi connectivity index (χ1n) is 4.93. The second-order valence-electron chi connectivity index (χ2n) is 3.44. The van der Waals surface area contributed by atoms with Gasteiger partial charge in [-0.15, -0.1) is 11.3 Å². The molecular weight excluding hydrogens is 228 g/mol. The van der Waals surface area contributed by atoms with Gasteiger partial charge in [-0.3, -0.25) is 4.79 Å². The lowest BCUT2D eigenvalue weighted by Crippen LogP contribution is -1.93. The summed E-state index contributed by atoms with van der Waals surface area (Å²) in [6, 6.07) is 7.66. The van der Waals surface area contributed by atoms with Crippen LogP contribution in [0.15, 0.2) is 24.3 Å². The smallest absolute Gasteiger partial charge is 0.172 e. The van der Waals surface area contributed by atoms with Crippen LogP contribution in [-0.2, 0) is 0 Å². The maximum Gasteiger partial charge on any atom is 0.172 e. The lowest BCUT2D eigenvalue weighted by Gasteiger charge is -1.91. The van der Waals surface area contributed by atoms with Crippen molar-refractivity contribution in [2.24, 2.45) is 0 Å². The van der Waals surface area contributed by atoms with Crippen molar-refractivity contribution >= 4 is 38.8 Å². The lowest BCUT2D eigenvalue weighted by atomic mass is 10.2. The van der Waals surface area contributed by atoms with Gasteiger partial charge in [0.25, 0.3) is 0 Å². The molecule has 2 rings (SSSR count). The Bertz CT molecular complexity index is 501. The van der Waals surface area contributed by atoms with Crippen LogP contribution in [0.2, 0.25) is 5.02 Å². The van der Waals surface area contributed by atoms with E-state index in [1.165, 1.54) is 11.3 Å². The number of thiophene rings is 1. The Labute approximate surface area is 97.7 Å². The molecule has 1 aromatic carbocycles. The van der Waals surface area contributed by atoms with E-state index in [1.807, 2.05) is 31.2 Å². The van der Waals surface area contributed by atoms with Crippen molar-refractivity contribution in [1.29, 1.82) is 0 Å². The highest BCUT2D eigenvalue weighted by Crippen LogP contribution is 2.31. The molecule has 0 saturated heterocycles. The maximum absolute atomic E-state index is 11.7. The van der Waals surface area contributed by atoms with Crippen LogP contribution in [0.1, 0.15) is 29.4 Å². The Morgan fingerprint density at radius 2 is 2.27 bits per heavy atom. The number of hydrogen-bond donors (Lipinski definition) is 0. The Balaban J connectivity index is 2.47. The van der Waals surface area contributed by atoms with Gasteiger partial charge in [-0.25, -0.2) is 0 Å². The molecule has 0 spiro atoms. The zero-order valence-corrected chi connectivity index (χ0v) is 9.99. The molecule has 3 heteroatoms. The number of benzene rings is 1. The minimum absolute atomic E-state index is 0.217. The average Bonchev–Trinajstić information content (AvgIpc) is 2.63. The zero-order valence-electron chi connectivity index (χ0n) is 8.42. The van der Waals surface area contributed by atoms with Gasteiger partial charge < -0.3 is 0 Å². The average molecular weight is 239 g/mol. The van der Waals surface area contributed by atoms with Crippen molar-refractivity contribution in [2.45, 2.75) is 19.8 Å². The highest BCUT2D eigenvalue weighted by Gasteiger charge is 2.10. The van der Waals surface area contributed by atoms with Gasteiger partial charge in [-0.1, -0.05) is 24.6 Å². The number of fused-ring (bicyclic) bond motifs is 1. The van der Waals surface area contributed by atoms with E-state index in [1.54, 1.807) is 0 Å². The van der Waals surface area contributed by atoms with Crippen LogP contribution >= 0.6 is 22.9 Å². The van der Waals surface area contributed by atoms with Crippen LogP contribution in [0.25, 0.3) is 10.1 Å². The van der Waals surface area contributed by atoms with Gasteiger partial charge in [-0.2, -0.15) is 0 Å². The Morgan fingerprint density at radius 1 is 1.47 bits per heavy atom. The number of hydrogen-bond acceptors (Lipinski definition) is 2. The van der Waals surface area contributed by atoms with Crippen LogP contribution in [0.3, 0.4) is 0 Å². The van der Waals surface area contributed by atoms with Crippen LogP contribution in [-0.4, -0.2) is 5.78 Å². The van der Waals surface area contributed by atoms with Gasteiger partial charge in [0.1, 0.15) is 0 Å². The van der Waals surface area contributed by atoms with Gasteiger partial charge in [0, 0.05) is 21.5 Å². The molecule has 1 heterocycles. The predicted octanol–water partition coefficient (Wildman–Crippen LogP) is 4.54. The van der Waals surface area contributed by atoms with E-state index in [2.05, 4.69) is 0 Å². The number of rotatable bonds is 3. The molecule has 0 fully saturated rings. The minimum Gasteiger partial charge on any atom is -0.293 e. The largest absolute Gasteiger partial charge is 0.293 e. The molecule has 0 saturated carbocycles. The summed E-state index contributed by atoms with van der Waals surface area (Å²) in [6.45, 7) is 2.01. The molecule has 1 nitrogen and oxygen atoms in total. The van der Waals surface area contributed by atoms with E-state index in [-0.39, 0.29) is 5.78 Å². The summed E-state index contributed by atoms with van der Waals surface area (Å²) in [5, 5.41) is 1.71. The van der Waals surface area contributed by atoms with Crippen molar-refractivity contribution < 1.29 is 4.79 Å². The topological polar surface area (TPSA) is 17.1 Å². The van der Waals surface area contributed by atoms with E-state index >= 15 is 0 Å². The quantitative estimate of drug-likeness (QED) is 0.718. The third-order valence-electron chi connectivity index (χ3n) is 2.26. The normalized spacial score (nSPS) is 10.8. The third kappa shape index (κ3) is 2.06. The summed E-state index contributed by atoms with van der Waals surface area (Å²) in [7, 11) is 0. The standard InChI is InChI=1S/C12H11ClOS/c1-2-4-10(14)12-7-8-9(13)5-3-6-11(8)15-12/h3,5-7H,2,4H2,1H3. The number of ketones is 1. The van der Waals surface area contributed by atoms with E-state index in [0.717, 1.165) is 26.4 Å². The highest BCUT2D eigenvalue weighted by molar-refractivity contribution is 7.20. The summed E-state index contributed by atoms with van der Waals surface area (Å²) in [5.41, 5.74) is 0. The van der Waals surface area contributed by atoms with Crippen molar-refractivity contribution in [3.05, 3.63) is 34.2 Å². The van der Waals surface area contributed by atoms with Crippen LogP contribution in [0.5, 0.6) is 0 Å². The predicted molar refractivity (Wildman–Crippen MR) is 66.1 cm³/mol. The van der Waals surface area contributed by atoms with Gasteiger partial charge in [0.15, 0.2) is 5.78 Å². The summed E-state index contributed by atoms with van der Waals surface area (Å²) >= 11 is 7.57. The zero-order chi connectivity index (χ0) is 10.8. The molecule has 0 radical (unpaired) electrons. The Morgan fingerprint density at radius 3 is 2.93 bits per heavy atom. The third-order valence-corrected chi connectivity index (χ3v) is 3.73. The summed E-state index contributed by atoms with van der Waals surface area (Å²) in [5.74, 6) is 0.217. The molecule has 0 aliphatic heterocycles. The monoisotopic (exact) mass is 238 g/mol. The fourth-order valence-electron chi connectivity index (χ4n) is 1.51. The maximum atomic E-state index is 11.7. The first kappa shape index (κ1) is 10.7. The van der Waals surface area contributed by atoms with E-state index in [4.69, 9.17) is 11.6 Å². The molecule has 0 amide bonds. The lowest BCUT2D eigenvalue weighted by molar-refractivity contribution is 0.0985.